The summed E-state index contributed by atoms with van der Waals surface area (Å²) in [6.45, 7) is -0.505. The number of hydrogen-bond donors (Lipinski definition) is 2. The fourth-order valence-electron chi connectivity index (χ4n) is 3.49. The summed E-state index contributed by atoms with van der Waals surface area (Å²) in [5, 5.41) is 7.58. The number of methoxy groups -OCH3 is 1. The third-order valence-corrected chi connectivity index (χ3v) is 7.11. The summed E-state index contributed by atoms with van der Waals surface area (Å²) in [5.41, 5.74) is 3.54. The molecular weight excluding hydrogens is 452 g/mol. The maximum Gasteiger partial charge on any atom is 0.348 e. The van der Waals surface area contributed by atoms with Crippen molar-refractivity contribution in [1.29, 1.82) is 0 Å². The van der Waals surface area contributed by atoms with Gasteiger partial charge in [-0.1, -0.05) is 6.07 Å². The number of thiophene rings is 1. The van der Waals surface area contributed by atoms with Gasteiger partial charge in [0.25, 0.3) is 5.91 Å². The number of benzene rings is 2. The maximum absolute atomic E-state index is 12.5. The molecule has 0 spiro atoms. The Bertz CT molecular complexity index is 1310. The van der Waals surface area contributed by atoms with Crippen LogP contribution in [0.25, 0.3) is 10.4 Å². The maximum atomic E-state index is 12.5. The lowest BCUT2D eigenvalue weighted by Crippen LogP contribution is -2.21. The Labute approximate surface area is 189 Å². The van der Waals surface area contributed by atoms with Crippen molar-refractivity contribution in [3.05, 3.63) is 64.5 Å². The Hall–Kier alpha value is -3.21. The molecule has 0 saturated carbocycles. The van der Waals surface area contributed by atoms with Crippen molar-refractivity contribution < 1.29 is 27.5 Å². The fraction of sp³-hybridized carbons (Fsp3) is 0.182. The molecule has 10 heteroatoms. The van der Waals surface area contributed by atoms with Gasteiger partial charge in [-0.05, 0) is 72.0 Å². The van der Waals surface area contributed by atoms with Gasteiger partial charge < -0.3 is 14.8 Å². The number of hydrogen-bond acceptors (Lipinski definition) is 7. The largest absolute Gasteiger partial charge is 0.497 e. The van der Waals surface area contributed by atoms with Crippen LogP contribution in [0.1, 0.15) is 20.8 Å². The van der Waals surface area contributed by atoms with Crippen LogP contribution in [0.4, 0.5) is 5.69 Å². The molecule has 1 aliphatic rings. The van der Waals surface area contributed by atoms with Gasteiger partial charge in [-0.3, -0.25) is 4.79 Å². The van der Waals surface area contributed by atoms with E-state index in [0.717, 1.165) is 34.6 Å². The van der Waals surface area contributed by atoms with Crippen LogP contribution < -0.4 is 15.2 Å². The summed E-state index contributed by atoms with van der Waals surface area (Å²) in [4.78, 5) is 26.0. The number of fused-ring (bicyclic) bond motifs is 3. The Kier molecular flexibility index (Phi) is 6.00. The second kappa shape index (κ2) is 8.73. The summed E-state index contributed by atoms with van der Waals surface area (Å²) >= 11 is 1.33. The number of carbonyl (C=O) groups excluding carboxylic acids is 2. The van der Waals surface area contributed by atoms with Crippen LogP contribution in [0.5, 0.6) is 5.75 Å². The predicted octanol–water partition coefficient (Wildman–Crippen LogP) is 2.97. The molecule has 4 rings (SSSR count). The number of aryl methyl sites for hydroxylation is 2. The highest BCUT2D eigenvalue weighted by Crippen LogP contribution is 2.41. The minimum Gasteiger partial charge on any atom is -0.497 e. The highest BCUT2D eigenvalue weighted by molar-refractivity contribution is 7.89. The molecule has 0 saturated heterocycles. The predicted molar refractivity (Wildman–Crippen MR) is 120 cm³/mol. The van der Waals surface area contributed by atoms with Crippen LogP contribution in [-0.4, -0.2) is 34.0 Å². The minimum atomic E-state index is -3.89. The lowest BCUT2D eigenvalue weighted by molar-refractivity contribution is -0.119. The monoisotopic (exact) mass is 472 g/mol. The van der Waals surface area contributed by atoms with E-state index in [1.165, 1.54) is 41.2 Å². The van der Waals surface area contributed by atoms with Gasteiger partial charge in [-0.2, -0.15) is 0 Å². The molecule has 0 bridgehead atoms. The Morgan fingerprint density at radius 2 is 1.88 bits per heavy atom. The second-order valence-corrected chi connectivity index (χ2v) is 9.80. The van der Waals surface area contributed by atoms with Gasteiger partial charge in [-0.25, -0.2) is 18.4 Å². The fourth-order valence-corrected chi connectivity index (χ4v) is 5.21. The molecule has 0 fully saturated rings. The molecule has 3 N–H and O–H groups in total. The van der Waals surface area contributed by atoms with Crippen LogP contribution in [0, 0.1) is 0 Å². The van der Waals surface area contributed by atoms with Gasteiger partial charge in [-0.15, -0.1) is 11.3 Å². The highest BCUT2D eigenvalue weighted by atomic mass is 32.2. The first kappa shape index (κ1) is 22.0. The van der Waals surface area contributed by atoms with Crippen LogP contribution in [0.2, 0.25) is 0 Å². The molecule has 1 heterocycles. The van der Waals surface area contributed by atoms with Gasteiger partial charge in [0.15, 0.2) is 6.61 Å². The SMILES string of the molecule is COc1ccc2c(c1)CCc1cc(C(=O)OCC(=O)Nc3cccc(S(N)(=O)=O)c3)sc1-2. The minimum absolute atomic E-state index is 0.130. The van der Waals surface area contributed by atoms with Crippen molar-refractivity contribution in [2.45, 2.75) is 17.7 Å². The number of amides is 1. The number of sulfonamides is 1. The first-order valence-corrected chi connectivity index (χ1v) is 12.0. The van der Waals surface area contributed by atoms with Crippen LogP contribution in [-0.2, 0) is 32.4 Å². The van der Waals surface area contributed by atoms with Crippen molar-refractivity contribution in [3.63, 3.8) is 0 Å². The lowest BCUT2D eigenvalue weighted by atomic mass is 9.91. The van der Waals surface area contributed by atoms with Crippen molar-refractivity contribution in [2.24, 2.45) is 5.14 Å². The summed E-state index contributed by atoms with van der Waals surface area (Å²) in [6, 6.07) is 13.2. The number of rotatable bonds is 6. The number of carbonyl (C=O) groups is 2. The van der Waals surface area contributed by atoms with Gasteiger partial charge in [0.1, 0.15) is 10.6 Å². The van der Waals surface area contributed by atoms with E-state index >= 15 is 0 Å². The molecule has 2 aromatic carbocycles. The van der Waals surface area contributed by atoms with E-state index in [2.05, 4.69) is 5.32 Å². The Balaban J connectivity index is 1.41. The topological polar surface area (TPSA) is 125 Å². The van der Waals surface area contributed by atoms with E-state index in [9.17, 15) is 18.0 Å². The number of anilines is 1. The standard InChI is InChI=1S/C22H20N2O6S2/c1-29-16-7-8-18-13(9-16)5-6-14-10-19(31-21(14)18)22(26)30-12-20(25)24-15-3-2-4-17(11-15)32(23,27)28/h2-4,7-11H,5-6,12H2,1H3,(H,24,25)(H2,23,27,28). The first-order chi connectivity index (χ1) is 15.2. The number of nitrogens with one attached hydrogen (secondary N) is 1. The summed E-state index contributed by atoms with van der Waals surface area (Å²) in [5.74, 6) is -0.388. The quantitative estimate of drug-likeness (QED) is 0.532. The van der Waals surface area contributed by atoms with Gasteiger partial charge in [0.05, 0.1) is 12.0 Å². The van der Waals surface area contributed by atoms with E-state index < -0.39 is 28.5 Å². The van der Waals surface area contributed by atoms with Crippen LogP contribution in [0.15, 0.2) is 53.4 Å². The molecular formula is C22H20N2O6S2. The molecule has 1 aromatic heterocycles. The van der Waals surface area contributed by atoms with Crippen molar-refractivity contribution in [1.82, 2.24) is 0 Å². The number of nitrogens with two attached hydrogens (primary N) is 1. The molecule has 32 heavy (non-hydrogen) atoms. The van der Waals surface area contributed by atoms with E-state index in [0.29, 0.717) is 4.88 Å². The van der Waals surface area contributed by atoms with Crippen molar-refractivity contribution >= 4 is 38.9 Å². The zero-order valence-corrected chi connectivity index (χ0v) is 18.7. The van der Waals surface area contributed by atoms with Crippen molar-refractivity contribution in [3.8, 4) is 16.2 Å². The summed E-state index contributed by atoms with van der Waals surface area (Å²) < 4.78 is 33.3. The van der Waals surface area contributed by atoms with Crippen LogP contribution in [0.3, 0.4) is 0 Å². The van der Waals surface area contributed by atoms with E-state index in [-0.39, 0.29) is 10.6 Å². The highest BCUT2D eigenvalue weighted by Gasteiger charge is 2.23. The van der Waals surface area contributed by atoms with E-state index in [4.69, 9.17) is 14.6 Å². The van der Waals surface area contributed by atoms with Gasteiger partial charge in [0, 0.05) is 10.6 Å². The number of esters is 1. The Morgan fingerprint density at radius 3 is 2.62 bits per heavy atom. The number of primary sulfonamides is 1. The summed E-state index contributed by atoms with van der Waals surface area (Å²) in [7, 11) is -2.26. The lowest BCUT2D eigenvalue weighted by Gasteiger charge is -2.16. The molecule has 3 aromatic rings. The smallest absolute Gasteiger partial charge is 0.348 e. The molecule has 166 valence electrons. The molecule has 0 aliphatic heterocycles. The zero-order chi connectivity index (χ0) is 22.9. The molecule has 0 radical (unpaired) electrons. The third-order valence-electron chi connectivity index (χ3n) is 5.01. The van der Waals surface area contributed by atoms with Gasteiger partial charge >= 0.3 is 5.97 Å². The zero-order valence-electron chi connectivity index (χ0n) is 17.1. The summed E-state index contributed by atoms with van der Waals surface area (Å²) in [6.07, 6.45) is 1.66. The normalized spacial score (nSPS) is 12.4. The average Bonchev–Trinajstić information content (AvgIpc) is 3.21. The average molecular weight is 473 g/mol. The van der Waals surface area contributed by atoms with Crippen molar-refractivity contribution in [2.75, 3.05) is 19.0 Å². The van der Waals surface area contributed by atoms with Gasteiger partial charge in [0.2, 0.25) is 10.0 Å². The third kappa shape index (κ3) is 4.67. The molecule has 0 unspecified atom stereocenters. The van der Waals surface area contributed by atoms with Crippen LogP contribution >= 0.6 is 11.3 Å². The number of ether oxygens (including phenoxy) is 2. The molecule has 1 amide bonds. The Morgan fingerprint density at radius 1 is 1.09 bits per heavy atom. The van der Waals surface area contributed by atoms with E-state index in [1.54, 1.807) is 7.11 Å². The first-order valence-electron chi connectivity index (χ1n) is 9.64. The second-order valence-electron chi connectivity index (χ2n) is 7.19. The molecule has 1 aliphatic carbocycles. The molecule has 0 atom stereocenters. The van der Waals surface area contributed by atoms with E-state index in [1.807, 2.05) is 24.3 Å². The molecule has 8 nitrogen and oxygen atoms in total.